The summed E-state index contributed by atoms with van der Waals surface area (Å²) in [5, 5.41) is 19.2. The summed E-state index contributed by atoms with van der Waals surface area (Å²) in [5.41, 5.74) is 0.115. The van der Waals surface area contributed by atoms with Crippen molar-refractivity contribution in [2.24, 2.45) is 0 Å². The minimum absolute atomic E-state index is 0.133. The fraction of sp³-hybridized carbons (Fsp3) is 0.118. The summed E-state index contributed by atoms with van der Waals surface area (Å²) in [6.45, 7) is 0. The molecule has 0 unspecified atom stereocenters. The molecule has 1 heterocycles. The van der Waals surface area contributed by atoms with Crippen molar-refractivity contribution >= 4 is 16.7 Å². The molecule has 3 rings (SSSR count). The molecule has 0 radical (unpaired) electrons. The largest absolute Gasteiger partial charge is 0.504 e. The molecule has 0 amide bonds. The first-order valence-electron chi connectivity index (χ1n) is 6.85. The van der Waals surface area contributed by atoms with Gasteiger partial charge in [-0.25, -0.2) is 0 Å². The van der Waals surface area contributed by atoms with Crippen LogP contribution in [0.3, 0.4) is 0 Å². The van der Waals surface area contributed by atoms with E-state index in [1.807, 2.05) is 19.0 Å². The molecule has 0 aliphatic heterocycles. The predicted molar refractivity (Wildman–Crippen MR) is 85.5 cm³/mol. The van der Waals surface area contributed by atoms with E-state index < -0.39 is 22.7 Å². The van der Waals surface area contributed by atoms with Gasteiger partial charge in [-0.15, -0.1) is 0 Å². The topological polar surface area (TPSA) is 73.9 Å². The Labute approximate surface area is 130 Å². The zero-order valence-electron chi connectivity index (χ0n) is 12.5. The molecular weight excluding hydrogens is 301 g/mol. The number of hydrogen-bond donors (Lipinski definition) is 2. The van der Waals surface area contributed by atoms with Gasteiger partial charge in [0.25, 0.3) is 0 Å². The smallest absolute Gasteiger partial charge is 0.229 e. The third-order valence-corrected chi connectivity index (χ3v) is 3.60. The summed E-state index contributed by atoms with van der Waals surface area (Å²) in [6, 6.07) is 9.05. The highest BCUT2D eigenvalue weighted by Gasteiger charge is 2.19. The predicted octanol–water partition coefficient (Wildman–Crippen LogP) is 3.08. The Hall–Kier alpha value is -3.02. The lowest BCUT2D eigenvalue weighted by Crippen LogP contribution is -2.09. The zero-order valence-corrected chi connectivity index (χ0v) is 12.5. The molecule has 0 bridgehead atoms. The second-order valence-electron chi connectivity index (χ2n) is 5.33. The van der Waals surface area contributed by atoms with Gasteiger partial charge >= 0.3 is 0 Å². The van der Waals surface area contributed by atoms with E-state index in [1.54, 1.807) is 24.3 Å². The molecule has 23 heavy (non-hydrogen) atoms. The summed E-state index contributed by atoms with van der Waals surface area (Å²) in [5.74, 6) is -2.36. The van der Waals surface area contributed by atoms with Gasteiger partial charge in [-0.2, -0.15) is 4.39 Å². The molecule has 0 aliphatic carbocycles. The van der Waals surface area contributed by atoms with Crippen LogP contribution in [0.1, 0.15) is 0 Å². The van der Waals surface area contributed by atoms with Crippen molar-refractivity contribution in [2.75, 3.05) is 19.0 Å². The number of aromatic hydroxyl groups is 2. The van der Waals surface area contributed by atoms with Crippen LogP contribution in [0.25, 0.3) is 22.3 Å². The molecule has 6 heteroatoms. The lowest BCUT2D eigenvalue weighted by atomic mass is 10.1. The molecule has 0 aliphatic rings. The van der Waals surface area contributed by atoms with Crippen molar-refractivity contribution in [3.8, 4) is 22.8 Å². The highest BCUT2D eigenvalue weighted by molar-refractivity contribution is 5.86. The van der Waals surface area contributed by atoms with E-state index in [-0.39, 0.29) is 16.7 Å². The first-order chi connectivity index (χ1) is 10.9. The van der Waals surface area contributed by atoms with Gasteiger partial charge in [0.2, 0.25) is 17.0 Å². The Kier molecular flexibility index (Phi) is 3.44. The van der Waals surface area contributed by atoms with Crippen molar-refractivity contribution in [2.45, 2.75) is 0 Å². The van der Waals surface area contributed by atoms with E-state index in [4.69, 9.17) is 4.42 Å². The molecule has 2 aromatic carbocycles. The number of hydrogen-bond acceptors (Lipinski definition) is 5. The Bertz CT molecular complexity index is 945. The van der Waals surface area contributed by atoms with Gasteiger partial charge in [0.1, 0.15) is 0 Å². The molecular formula is C17H14FNO4. The fourth-order valence-corrected chi connectivity index (χ4v) is 2.31. The molecule has 118 valence electrons. The quantitative estimate of drug-likeness (QED) is 0.711. The average Bonchev–Trinajstić information content (AvgIpc) is 2.54. The van der Waals surface area contributed by atoms with Gasteiger partial charge < -0.3 is 19.5 Å². The number of anilines is 1. The van der Waals surface area contributed by atoms with Crippen molar-refractivity contribution < 1.29 is 19.0 Å². The lowest BCUT2D eigenvalue weighted by Gasteiger charge is -2.13. The maximum Gasteiger partial charge on any atom is 0.229 e. The Morgan fingerprint density at radius 3 is 2.30 bits per heavy atom. The van der Waals surface area contributed by atoms with Crippen LogP contribution >= 0.6 is 0 Å². The third kappa shape index (κ3) is 2.38. The molecule has 5 nitrogen and oxygen atoms in total. The van der Waals surface area contributed by atoms with Crippen LogP contribution in [-0.4, -0.2) is 24.3 Å². The minimum Gasteiger partial charge on any atom is -0.504 e. The van der Waals surface area contributed by atoms with Crippen LogP contribution in [0, 0.1) is 5.82 Å². The minimum atomic E-state index is -1.04. The molecule has 0 saturated carbocycles. The van der Waals surface area contributed by atoms with Crippen molar-refractivity contribution in [1.82, 2.24) is 0 Å². The zero-order chi connectivity index (χ0) is 16.7. The Morgan fingerprint density at radius 1 is 1.04 bits per heavy atom. The monoisotopic (exact) mass is 315 g/mol. The van der Waals surface area contributed by atoms with Crippen molar-refractivity contribution in [3.63, 3.8) is 0 Å². The van der Waals surface area contributed by atoms with Crippen LogP contribution in [0.2, 0.25) is 0 Å². The number of benzene rings is 2. The van der Waals surface area contributed by atoms with Gasteiger partial charge in [0.15, 0.2) is 17.1 Å². The number of nitrogens with zero attached hydrogens (tertiary/aromatic N) is 1. The van der Waals surface area contributed by atoms with E-state index in [0.717, 1.165) is 11.8 Å². The van der Waals surface area contributed by atoms with E-state index in [1.165, 1.54) is 6.07 Å². The van der Waals surface area contributed by atoms with Crippen molar-refractivity contribution in [1.29, 1.82) is 0 Å². The average molecular weight is 315 g/mol. The maximum atomic E-state index is 14.3. The molecule has 2 N–H and O–H groups in total. The summed E-state index contributed by atoms with van der Waals surface area (Å²) in [6.07, 6.45) is 0. The standard InChI is InChI=1S/C17H14FNO4/c1-19(2)10-5-3-9(4-6-10)16-13(18)14(21)11-7-8-12(20)15(22)17(11)23-16/h3-8,20,22H,1-2H3. The Morgan fingerprint density at radius 2 is 1.70 bits per heavy atom. The van der Waals surface area contributed by atoms with Gasteiger partial charge in [-0.05, 0) is 36.4 Å². The van der Waals surface area contributed by atoms with Gasteiger partial charge in [0, 0.05) is 25.3 Å². The third-order valence-electron chi connectivity index (χ3n) is 3.60. The molecule has 0 saturated heterocycles. The van der Waals surface area contributed by atoms with Gasteiger partial charge in [-0.1, -0.05) is 0 Å². The molecule has 1 aromatic heterocycles. The van der Waals surface area contributed by atoms with E-state index in [0.29, 0.717) is 5.56 Å². The van der Waals surface area contributed by atoms with Gasteiger partial charge in [-0.3, -0.25) is 4.79 Å². The summed E-state index contributed by atoms with van der Waals surface area (Å²) in [7, 11) is 3.74. The molecule has 0 atom stereocenters. The van der Waals surface area contributed by atoms with Crippen LogP contribution < -0.4 is 10.3 Å². The van der Waals surface area contributed by atoms with E-state index >= 15 is 0 Å². The van der Waals surface area contributed by atoms with Crippen LogP contribution in [0.15, 0.2) is 45.6 Å². The SMILES string of the molecule is CN(C)c1ccc(-c2oc3c(O)c(O)ccc3c(=O)c2F)cc1. The second-order valence-corrected chi connectivity index (χ2v) is 5.33. The Balaban J connectivity index is 2.27. The van der Waals surface area contributed by atoms with E-state index in [2.05, 4.69) is 0 Å². The summed E-state index contributed by atoms with van der Waals surface area (Å²) < 4.78 is 19.7. The molecule has 3 aromatic rings. The van der Waals surface area contributed by atoms with Gasteiger partial charge in [0.05, 0.1) is 5.39 Å². The van der Waals surface area contributed by atoms with Crippen LogP contribution in [0.4, 0.5) is 10.1 Å². The number of fused-ring (bicyclic) bond motifs is 1. The summed E-state index contributed by atoms with van der Waals surface area (Å²) >= 11 is 0. The lowest BCUT2D eigenvalue weighted by molar-refractivity contribution is 0.398. The number of halogens is 1. The van der Waals surface area contributed by atoms with Crippen molar-refractivity contribution in [3.05, 3.63) is 52.4 Å². The molecule has 0 spiro atoms. The second kappa shape index (κ2) is 5.31. The maximum absolute atomic E-state index is 14.3. The highest BCUT2D eigenvalue weighted by atomic mass is 19.1. The summed E-state index contributed by atoms with van der Waals surface area (Å²) in [4.78, 5) is 14.0. The number of phenolic OH excluding ortho intramolecular Hbond substituents is 2. The first-order valence-corrected chi connectivity index (χ1v) is 6.85. The van der Waals surface area contributed by atoms with Crippen LogP contribution in [-0.2, 0) is 0 Å². The fourth-order valence-electron chi connectivity index (χ4n) is 2.31. The number of phenols is 2. The highest BCUT2D eigenvalue weighted by Crippen LogP contribution is 2.35. The van der Waals surface area contributed by atoms with Crippen LogP contribution in [0.5, 0.6) is 11.5 Å². The normalized spacial score (nSPS) is 10.9. The first kappa shape index (κ1) is 14.9. The number of rotatable bonds is 2. The molecule has 0 fully saturated rings. The van der Waals surface area contributed by atoms with E-state index in [9.17, 15) is 19.4 Å².